The monoisotopic (exact) mass is 273 g/mol. The number of nitrogens with one attached hydrogen (secondary N) is 1. The van der Waals surface area contributed by atoms with E-state index in [9.17, 15) is 4.79 Å². The van der Waals surface area contributed by atoms with Crippen molar-refractivity contribution in [3.05, 3.63) is 0 Å². The van der Waals surface area contributed by atoms with Crippen molar-refractivity contribution in [2.75, 3.05) is 46.6 Å². The van der Waals surface area contributed by atoms with Crippen LogP contribution in [0.5, 0.6) is 0 Å². The fourth-order valence-corrected chi connectivity index (χ4v) is 2.34. The van der Waals surface area contributed by atoms with Gasteiger partial charge in [-0.25, -0.2) is 0 Å². The summed E-state index contributed by atoms with van der Waals surface area (Å²) in [6.07, 6.45) is 3.65. The Kier molecular flexibility index (Phi) is 8.02. The van der Waals surface area contributed by atoms with Gasteiger partial charge in [0, 0.05) is 26.9 Å². The number of piperidine rings is 1. The molecule has 0 aromatic carbocycles. The molecule has 0 aromatic rings. The van der Waals surface area contributed by atoms with E-state index in [4.69, 9.17) is 14.2 Å². The molecule has 0 saturated carbocycles. The number of hydrogen-bond donors (Lipinski definition) is 1. The highest BCUT2D eigenvalue weighted by Crippen LogP contribution is 2.31. The van der Waals surface area contributed by atoms with Crippen LogP contribution in [-0.2, 0) is 19.0 Å². The van der Waals surface area contributed by atoms with E-state index >= 15 is 0 Å². The summed E-state index contributed by atoms with van der Waals surface area (Å²) in [6.45, 7) is 5.93. The minimum atomic E-state index is -0.325. The molecule has 0 spiro atoms. The lowest BCUT2D eigenvalue weighted by Crippen LogP contribution is -2.46. The van der Waals surface area contributed by atoms with Crippen LogP contribution in [0.4, 0.5) is 0 Å². The van der Waals surface area contributed by atoms with Crippen molar-refractivity contribution in [2.45, 2.75) is 32.6 Å². The third-order valence-corrected chi connectivity index (χ3v) is 3.68. The number of rotatable bonds is 9. The van der Waals surface area contributed by atoms with E-state index in [0.717, 1.165) is 38.8 Å². The number of ether oxygens (including phenoxy) is 3. The topological polar surface area (TPSA) is 56.8 Å². The Labute approximate surface area is 116 Å². The van der Waals surface area contributed by atoms with Crippen LogP contribution in [0.25, 0.3) is 0 Å². The maximum absolute atomic E-state index is 12.1. The first kappa shape index (κ1) is 16.4. The van der Waals surface area contributed by atoms with Gasteiger partial charge in [-0.1, -0.05) is 6.92 Å². The third kappa shape index (κ3) is 5.47. The number of hydrogen-bond acceptors (Lipinski definition) is 5. The zero-order valence-corrected chi connectivity index (χ0v) is 12.2. The highest BCUT2D eigenvalue weighted by Gasteiger charge is 2.39. The molecule has 0 aromatic heterocycles. The van der Waals surface area contributed by atoms with Crippen LogP contribution in [0.3, 0.4) is 0 Å². The number of carbonyl (C=O) groups excluding carboxylic acids is 1. The first-order chi connectivity index (χ1) is 9.25. The van der Waals surface area contributed by atoms with Crippen LogP contribution in [0.2, 0.25) is 0 Å². The van der Waals surface area contributed by atoms with E-state index in [1.165, 1.54) is 0 Å². The molecular formula is C14H27NO4. The van der Waals surface area contributed by atoms with Crippen molar-refractivity contribution in [3.8, 4) is 0 Å². The van der Waals surface area contributed by atoms with Gasteiger partial charge in [0.15, 0.2) is 0 Å². The summed E-state index contributed by atoms with van der Waals surface area (Å²) >= 11 is 0. The second-order valence-electron chi connectivity index (χ2n) is 5.01. The molecule has 1 rings (SSSR count). The molecule has 1 unspecified atom stereocenters. The molecule has 0 bridgehead atoms. The highest BCUT2D eigenvalue weighted by molar-refractivity contribution is 5.77. The van der Waals surface area contributed by atoms with Crippen molar-refractivity contribution >= 4 is 5.97 Å². The van der Waals surface area contributed by atoms with E-state index in [2.05, 4.69) is 12.2 Å². The van der Waals surface area contributed by atoms with E-state index < -0.39 is 0 Å². The summed E-state index contributed by atoms with van der Waals surface area (Å²) in [7, 11) is 1.67. The fourth-order valence-electron chi connectivity index (χ4n) is 2.34. The molecule has 1 fully saturated rings. The Bertz CT molecular complexity index is 252. The summed E-state index contributed by atoms with van der Waals surface area (Å²) in [5.74, 6) is -0.0808. The highest BCUT2D eigenvalue weighted by atomic mass is 16.6. The van der Waals surface area contributed by atoms with Crippen molar-refractivity contribution in [1.82, 2.24) is 5.32 Å². The van der Waals surface area contributed by atoms with Gasteiger partial charge >= 0.3 is 5.97 Å². The van der Waals surface area contributed by atoms with Crippen LogP contribution in [-0.4, -0.2) is 52.6 Å². The Balaban J connectivity index is 2.15. The van der Waals surface area contributed by atoms with Gasteiger partial charge in [0.25, 0.3) is 0 Å². The number of esters is 1. The van der Waals surface area contributed by atoms with Crippen LogP contribution in [0, 0.1) is 5.41 Å². The first-order valence-corrected chi connectivity index (χ1v) is 7.20. The van der Waals surface area contributed by atoms with Gasteiger partial charge in [0.2, 0.25) is 0 Å². The predicted octanol–water partition coefficient (Wildman–Crippen LogP) is 1.36. The molecule has 0 radical (unpaired) electrons. The molecule has 1 saturated heterocycles. The Hall–Kier alpha value is -0.650. The molecule has 19 heavy (non-hydrogen) atoms. The molecule has 0 amide bonds. The van der Waals surface area contributed by atoms with Gasteiger partial charge in [-0.3, -0.25) is 4.79 Å². The Morgan fingerprint density at radius 3 is 2.74 bits per heavy atom. The van der Waals surface area contributed by atoms with Crippen molar-refractivity contribution in [3.63, 3.8) is 0 Å². The van der Waals surface area contributed by atoms with Crippen LogP contribution < -0.4 is 5.32 Å². The molecular weight excluding hydrogens is 246 g/mol. The minimum Gasteiger partial charge on any atom is -0.463 e. The first-order valence-electron chi connectivity index (χ1n) is 7.20. The zero-order chi connectivity index (χ0) is 14.0. The van der Waals surface area contributed by atoms with E-state index in [-0.39, 0.29) is 11.4 Å². The summed E-state index contributed by atoms with van der Waals surface area (Å²) in [5, 5.41) is 3.29. The Morgan fingerprint density at radius 2 is 2.11 bits per heavy atom. The van der Waals surface area contributed by atoms with Crippen LogP contribution >= 0.6 is 0 Å². The minimum absolute atomic E-state index is 0.0808. The largest absolute Gasteiger partial charge is 0.463 e. The SMILES string of the molecule is CCC1(C(=O)OCCOCCCOC)CCCNC1. The van der Waals surface area contributed by atoms with Crippen LogP contribution in [0.15, 0.2) is 0 Å². The average molecular weight is 273 g/mol. The number of methoxy groups -OCH3 is 1. The lowest BCUT2D eigenvalue weighted by Gasteiger charge is -2.34. The molecule has 5 heteroatoms. The van der Waals surface area contributed by atoms with Crippen molar-refractivity contribution < 1.29 is 19.0 Å². The molecule has 0 aliphatic carbocycles. The van der Waals surface area contributed by atoms with E-state index in [0.29, 0.717) is 26.4 Å². The molecule has 1 N–H and O–H groups in total. The van der Waals surface area contributed by atoms with Gasteiger partial charge < -0.3 is 19.5 Å². The fraction of sp³-hybridized carbons (Fsp3) is 0.929. The number of carbonyl (C=O) groups is 1. The van der Waals surface area contributed by atoms with Gasteiger partial charge in [-0.2, -0.15) is 0 Å². The standard InChI is InChI=1S/C14H27NO4/c1-3-14(6-4-7-15-12-14)13(16)19-11-10-18-9-5-8-17-2/h15H,3-12H2,1-2H3. The molecule has 1 aliphatic rings. The van der Waals surface area contributed by atoms with Crippen molar-refractivity contribution in [2.24, 2.45) is 5.41 Å². The van der Waals surface area contributed by atoms with Gasteiger partial charge in [0.1, 0.15) is 6.61 Å². The molecule has 1 aliphatic heterocycles. The van der Waals surface area contributed by atoms with Gasteiger partial charge in [-0.05, 0) is 32.2 Å². The normalized spacial score (nSPS) is 23.3. The summed E-state index contributed by atoms with van der Waals surface area (Å²) < 4.78 is 15.6. The average Bonchev–Trinajstić information content (AvgIpc) is 2.46. The van der Waals surface area contributed by atoms with Gasteiger partial charge in [-0.15, -0.1) is 0 Å². The molecule has 1 heterocycles. The Morgan fingerprint density at radius 1 is 1.26 bits per heavy atom. The second-order valence-corrected chi connectivity index (χ2v) is 5.01. The van der Waals surface area contributed by atoms with E-state index in [1.807, 2.05) is 0 Å². The maximum Gasteiger partial charge on any atom is 0.313 e. The van der Waals surface area contributed by atoms with E-state index in [1.54, 1.807) is 7.11 Å². The van der Waals surface area contributed by atoms with Gasteiger partial charge in [0.05, 0.1) is 12.0 Å². The quantitative estimate of drug-likeness (QED) is 0.508. The molecule has 1 atom stereocenters. The second kappa shape index (κ2) is 9.28. The van der Waals surface area contributed by atoms with Crippen LogP contribution in [0.1, 0.15) is 32.6 Å². The molecule has 5 nitrogen and oxygen atoms in total. The lowest BCUT2D eigenvalue weighted by molar-refractivity contribution is -0.159. The zero-order valence-electron chi connectivity index (χ0n) is 12.2. The third-order valence-electron chi connectivity index (χ3n) is 3.68. The smallest absolute Gasteiger partial charge is 0.313 e. The predicted molar refractivity (Wildman–Crippen MR) is 73.1 cm³/mol. The summed E-state index contributed by atoms with van der Waals surface area (Å²) in [6, 6.07) is 0. The summed E-state index contributed by atoms with van der Waals surface area (Å²) in [4.78, 5) is 12.1. The van der Waals surface area contributed by atoms with Crippen molar-refractivity contribution in [1.29, 1.82) is 0 Å². The maximum atomic E-state index is 12.1. The lowest BCUT2D eigenvalue weighted by atomic mass is 9.78. The summed E-state index contributed by atoms with van der Waals surface area (Å²) in [5.41, 5.74) is -0.325. The molecule has 112 valence electrons.